The predicted molar refractivity (Wildman–Crippen MR) is 66.4 cm³/mol. The second-order valence-electron chi connectivity index (χ2n) is 3.26. The van der Waals surface area contributed by atoms with Crippen LogP contribution in [0.15, 0.2) is 24.5 Å². The molecule has 0 aliphatic rings. The van der Waals surface area contributed by atoms with Crippen LogP contribution in [0.5, 0.6) is 5.75 Å². The van der Waals surface area contributed by atoms with Gasteiger partial charge in [0, 0.05) is 12.6 Å². The van der Waals surface area contributed by atoms with Crippen LogP contribution in [0.2, 0.25) is 5.02 Å². The summed E-state index contributed by atoms with van der Waals surface area (Å²) >= 11 is 6.06. The van der Waals surface area contributed by atoms with E-state index < -0.39 is 0 Å². The lowest BCUT2D eigenvalue weighted by Crippen LogP contribution is -1.99. The maximum atomic E-state index is 6.06. The number of nitrogens with one attached hydrogen (secondary N) is 1. The van der Waals surface area contributed by atoms with Crippen molar-refractivity contribution in [3.63, 3.8) is 0 Å². The number of hydrogen-bond donors (Lipinski definition) is 1. The fourth-order valence-corrected chi connectivity index (χ4v) is 1.72. The van der Waals surface area contributed by atoms with Crippen LogP contribution in [0, 0.1) is 0 Å². The minimum atomic E-state index is 0.526. The van der Waals surface area contributed by atoms with Crippen molar-refractivity contribution in [2.75, 3.05) is 19.5 Å². The SMILES string of the molecule is CNc1ncnnc1-c1ccc(OC)c(Cl)c1. The highest BCUT2D eigenvalue weighted by atomic mass is 35.5. The molecular weight excluding hydrogens is 240 g/mol. The van der Waals surface area contributed by atoms with E-state index >= 15 is 0 Å². The minimum absolute atomic E-state index is 0.526. The zero-order valence-corrected chi connectivity index (χ0v) is 10.2. The molecule has 0 fully saturated rings. The molecule has 0 saturated carbocycles. The molecule has 2 aromatic rings. The zero-order chi connectivity index (χ0) is 12.3. The Labute approximate surface area is 104 Å². The van der Waals surface area contributed by atoms with Gasteiger partial charge in [0.05, 0.1) is 12.1 Å². The van der Waals surface area contributed by atoms with E-state index in [1.54, 1.807) is 26.3 Å². The smallest absolute Gasteiger partial charge is 0.156 e. The van der Waals surface area contributed by atoms with Crippen molar-refractivity contribution >= 4 is 17.4 Å². The Morgan fingerprint density at radius 1 is 1.35 bits per heavy atom. The van der Waals surface area contributed by atoms with Crippen LogP contribution in [-0.4, -0.2) is 29.3 Å². The largest absolute Gasteiger partial charge is 0.495 e. The van der Waals surface area contributed by atoms with Gasteiger partial charge in [-0.1, -0.05) is 11.6 Å². The topological polar surface area (TPSA) is 59.9 Å². The maximum absolute atomic E-state index is 6.06. The molecular formula is C11H11ClN4O. The highest BCUT2D eigenvalue weighted by molar-refractivity contribution is 6.32. The van der Waals surface area contributed by atoms with Crippen LogP contribution in [0.25, 0.3) is 11.3 Å². The molecule has 2 rings (SSSR count). The van der Waals surface area contributed by atoms with E-state index in [-0.39, 0.29) is 0 Å². The van der Waals surface area contributed by atoms with Crippen LogP contribution < -0.4 is 10.1 Å². The molecule has 0 spiro atoms. The van der Waals surface area contributed by atoms with Gasteiger partial charge in [0.2, 0.25) is 0 Å². The highest BCUT2D eigenvalue weighted by Crippen LogP contribution is 2.31. The van der Waals surface area contributed by atoms with Crippen LogP contribution in [-0.2, 0) is 0 Å². The quantitative estimate of drug-likeness (QED) is 0.905. The molecule has 0 atom stereocenters. The van der Waals surface area contributed by atoms with Crippen LogP contribution in [0.1, 0.15) is 0 Å². The van der Waals surface area contributed by atoms with Crippen LogP contribution in [0.4, 0.5) is 5.82 Å². The van der Waals surface area contributed by atoms with E-state index in [4.69, 9.17) is 16.3 Å². The number of rotatable bonds is 3. The van der Waals surface area contributed by atoms with Crippen LogP contribution >= 0.6 is 11.6 Å². The summed E-state index contributed by atoms with van der Waals surface area (Å²) in [6.07, 6.45) is 1.39. The zero-order valence-electron chi connectivity index (χ0n) is 9.44. The lowest BCUT2D eigenvalue weighted by atomic mass is 10.1. The maximum Gasteiger partial charge on any atom is 0.156 e. The molecule has 1 heterocycles. The van der Waals surface area contributed by atoms with Crippen molar-refractivity contribution in [2.24, 2.45) is 0 Å². The molecule has 6 heteroatoms. The van der Waals surface area contributed by atoms with Gasteiger partial charge in [-0.25, -0.2) is 4.98 Å². The van der Waals surface area contributed by atoms with Gasteiger partial charge in [-0.3, -0.25) is 0 Å². The molecule has 5 nitrogen and oxygen atoms in total. The van der Waals surface area contributed by atoms with E-state index in [0.29, 0.717) is 22.3 Å². The Morgan fingerprint density at radius 3 is 2.82 bits per heavy atom. The molecule has 1 N–H and O–H groups in total. The average Bonchev–Trinajstić information content (AvgIpc) is 2.38. The van der Waals surface area contributed by atoms with Gasteiger partial charge in [0.25, 0.3) is 0 Å². The van der Waals surface area contributed by atoms with Crippen molar-refractivity contribution in [1.29, 1.82) is 0 Å². The number of methoxy groups -OCH3 is 1. The summed E-state index contributed by atoms with van der Waals surface area (Å²) < 4.78 is 5.09. The van der Waals surface area contributed by atoms with Crippen molar-refractivity contribution < 1.29 is 4.74 Å². The Morgan fingerprint density at radius 2 is 2.18 bits per heavy atom. The molecule has 1 aromatic carbocycles. The first-order valence-electron chi connectivity index (χ1n) is 4.95. The molecule has 0 bridgehead atoms. The lowest BCUT2D eigenvalue weighted by molar-refractivity contribution is 0.415. The number of halogens is 1. The van der Waals surface area contributed by atoms with E-state index in [0.717, 1.165) is 5.56 Å². The molecule has 0 aliphatic carbocycles. The Balaban J connectivity index is 2.49. The fourth-order valence-electron chi connectivity index (χ4n) is 1.47. The van der Waals surface area contributed by atoms with E-state index in [9.17, 15) is 0 Å². The summed E-state index contributed by atoms with van der Waals surface area (Å²) in [5, 5.41) is 11.3. The third-order valence-electron chi connectivity index (χ3n) is 2.28. The fraction of sp³-hybridized carbons (Fsp3) is 0.182. The number of ether oxygens (including phenoxy) is 1. The van der Waals surface area contributed by atoms with Gasteiger partial charge < -0.3 is 10.1 Å². The standard InChI is InChI=1S/C11H11ClN4O/c1-13-11-10(16-15-6-14-11)7-3-4-9(17-2)8(12)5-7/h3-6H,1-2H3,(H,13,14,15). The average molecular weight is 251 g/mol. The van der Waals surface area contributed by atoms with E-state index in [2.05, 4.69) is 20.5 Å². The molecule has 1 aromatic heterocycles. The Hall–Kier alpha value is -1.88. The minimum Gasteiger partial charge on any atom is -0.495 e. The van der Waals surface area contributed by atoms with E-state index in [1.165, 1.54) is 6.33 Å². The van der Waals surface area contributed by atoms with Gasteiger partial charge in [0.1, 0.15) is 17.8 Å². The Kier molecular flexibility index (Phi) is 3.39. The van der Waals surface area contributed by atoms with Crippen molar-refractivity contribution in [3.8, 4) is 17.0 Å². The molecule has 88 valence electrons. The van der Waals surface area contributed by atoms with Gasteiger partial charge in [0.15, 0.2) is 5.82 Å². The summed E-state index contributed by atoms with van der Waals surface area (Å²) in [5.74, 6) is 1.28. The summed E-state index contributed by atoms with van der Waals surface area (Å²) in [4.78, 5) is 4.09. The number of nitrogens with zero attached hydrogens (tertiary/aromatic N) is 3. The summed E-state index contributed by atoms with van der Waals surface area (Å²) in [6, 6.07) is 5.41. The lowest BCUT2D eigenvalue weighted by Gasteiger charge is -2.07. The second-order valence-corrected chi connectivity index (χ2v) is 3.66. The van der Waals surface area contributed by atoms with Gasteiger partial charge in [-0.05, 0) is 18.2 Å². The van der Waals surface area contributed by atoms with Crippen molar-refractivity contribution in [2.45, 2.75) is 0 Å². The molecule has 0 saturated heterocycles. The Bertz CT molecular complexity index is 533. The number of benzene rings is 1. The van der Waals surface area contributed by atoms with E-state index in [1.807, 2.05) is 6.07 Å². The number of aromatic nitrogens is 3. The summed E-state index contributed by atoms with van der Waals surface area (Å²) in [7, 11) is 3.35. The second kappa shape index (κ2) is 4.97. The van der Waals surface area contributed by atoms with Crippen molar-refractivity contribution in [3.05, 3.63) is 29.5 Å². The number of anilines is 1. The first kappa shape index (κ1) is 11.6. The predicted octanol–water partition coefficient (Wildman–Crippen LogP) is 2.24. The monoisotopic (exact) mass is 250 g/mol. The van der Waals surface area contributed by atoms with Gasteiger partial charge >= 0.3 is 0 Å². The van der Waals surface area contributed by atoms with Crippen molar-refractivity contribution in [1.82, 2.24) is 15.2 Å². The molecule has 0 amide bonds. The normalized spacial score (nSPS) is 10.1. The first-order chi connectivity index (χ1) is 8.26. The third kappa shape index (κ3) is 2.29. The summed E-state index contributed by atoms with van der Waals surface area (Å²) in [6.45, 7) is 0. The molecule has 17 heavy (non-hydrogen) atoms. The van der Waals surface area contributed by atoms with Crippen LogP contribution in [0.3, 0.4) is 0 Å². The third-order valence-corrected chi connectivity index (χ3v) is 2.58. The van der Waals surface area contributed by atoms with Gasteiger partial charge in [-0.15, -0.1) is 10.2 Å². The highest BCUT2D eigenvalue weighted by Gasteiger charge is 2.09. The number of hydrogen-bond acceptors (Lipinski definition) is 5. The first-order valence-corrected chi connectivity index (χ1v) is 5.33. The molecule has 0 aliphatic heterocycles. The molecule has 0 radical (unpaired) electrons. The molecule has 0 unspecified atom stereocenters. The summed E-state index contributed by atoms with van der Waals surface area (Å²) in [5.41, 5.74) is 1.49. The van der Waals surface area contributed by atoms with Gasteiger partial charge in [-0.2, -0.15) is 0 Å².